The van der Waals surface area contributed by atoms with Crippen LogP contribution in [0.3, 0.4) is 0 Å². The Morgan fingerprint density at radius 3 is 2.54 bits per heavy atom. The molecule has 1 fully saturated rings. The van der Waals surface area contributed by atoms with E-state index in [9.17, 15) is 22.8 Å². The molecule has 4 rings (SSSR count). The van der Waals surface area contributed by atoms with Crippen molar-refractivity contribution >= 4 is 29.3 Å². The average molecular weight is 492 g/mol. The van der Waals surface area contributed by atoms with Crippen molar-refractivity contribution in [2.24, 2.45) is 5.92 Å². The number of hydrogen-bond donors (Lipinski definition) is 3. The summed E-state index contributed by atoms with van der Waals surface area (Å²) in [6.07, 6.45) is -0.294. The summed E-state index contributed by atoms with van der Waals surface area (Å²) >= 11 is 0. The lowest BCUT2D eigenvalue weighted by Gasteiger charge is -2.33. The first-order chi connectivity index (χ1) is 16.5. The third kappa shape index (κ3) is 5.46. The second kappa shape index (κ2) is 9.67. The molecule has 2 aliphatic rings. The normalized spacial score (nSPS) is 22.3. The zero-order chi connectivity index (χ0) is 25.3. The number of carbonyl (C=O) groups excluding carboxylic acids is 2. The van der Waals surface area contributed by atoms with E-state index < -0.39 is 17.8 Å². The van der Waals surface area contributed by atoms with Gasteiger partial charge in [-0.2, -0.15) is 18.2 Å². The second-order valence-corrected chi connectivity index (χ2v) is 9.11. The van der Waals surface area contributed by atoms with Crippen LogP contribution in [0.5, 0.6) is 0 Å². The molecule has 0 radical (unpaired) electrons. The zero-order valence-corrected chi connectivity index (χ0v) is 19.7. The van der Waals surface area contributed by atoms with Gasteiger partial charge in [-0.25, -0.2) is 4.98 Å². The summed E-state index contributed by atoms with van der Waals surface area (Å²) in [5.41, 5.74) is 0.401. The smallest absolute Gasteiger partial charge is 0.354 e. The average Bonchev–Trinajstić information content (AvgIpc) is 2.82. The number of amides is 2. The minimum Gasteiger partial charge on any atom is -0.354 e. The van der Waals surface area contributed by atoms with Gasteiger partial charge in [-0.05, 0) is 57.6 Å². The third-order valence-corrected chi connectivity index (χ3v) is 6.66. The summed E-state index contributed by atoms with van der Waals surface area (Å²) in [6, 6.07) is 1.59. The molecular formula is C23H28F3N7O2. The van der Waals surface area contributed by atoms with Gasteiger partial charge < -0.3 is 20.9 Å². The van der Waals surface area contributed by atoms with Crippen LogP contribution in [0.4, 0.5) is 30.6 Å². The van der Waals surface area contributed by atoms with Crippen molar-refractivity contribution in [2.45, 2.75) is 57.8 Å². The minimum atomic E-state index is -4.53. The topological polar surface area (TPSA) is 112 Å². The van der Waals surface area contributed by atoms with Gasteiger partial charge in [0.1, 0.15) is 17.4 Å². The van der Waals surface area contributed by atoms with Gasteiger partial charge >= 0.3 is 6.18 Å². The monoisotopic (exact) mass is 491 g/mol. The number of carbonyl (C=O) groups is 2. The highest BCUT2D eigenvalue weighted by atomic mass is 19.4. The molecule has 3 N–H and O–H groups in total. The third-order valence-electron chi connectivity index (χ3n) is 6.66. The lowest BCUT2D eigenvalue weighted by molar-refractivity contribution is -0.141. The molecule has 1 saturated carbocycles. The van der Waals surface area contributed by atoms with E-state index in [1.807, 2.05) is 25.8 Å². The van der Waals surface area contributed by atoms with E-state index in [4.69, 9.17) is 0 Å². The van der Waals surface area contributed by atoms with E-state index in [1.165, 1.54) is 0 Å². The molecule has 35 heavy (non-hydrogen) atoms. The molecule has 0 saturated heterocycles. The van der Waals surface area contributed by atoms with Crippen LogP contribution in [0, 0.1) is 12.8 Å². The standard InChI is InChI=1S/C23H28F3N7O2/c1-12-18-19(33(3)13(2)20(34)31-18)32-22(29-12)28-10-14-4-7-16(8-5-14)30-21(35)15-6-9-17(27-11-15)23(24,25)26/h6,9,11,13-14,16H,4-5,7-8,10H2,1-3H3,(H,30,35)(H,31,34)(H,28,29,32)/t13-,14-,16-/m0/s1. The molecule has 3 heterocycles. The van der Waals surface area contributed by atoms with E-state index in [0.29, 0.717) is 35.6 Å². The van der Waals surface area contributed by atoms with Crippen molar-refractivity contribution in [3.63, 3.8) is 0 Å². The van der Waals surface area contributed by atoms with Gasteiger partial charge in [-0.3, -0.25) is 14.6 Å². The van der Waals surface area contributed by atoms with E-state index in [-0.39, 0.29) is 23.6 Å². The summed E-state index contributed by atoms with van der Waals surface area (Å²) in [6.45, 7) is 4.32. The number of pyridine rings is 1. The van der Waals surface area contributed by atoms with Crippen LogP contribution in [-0.4, -0.2) is 52.4 Å². The lowest BCUT2D eigenvalue weighted by Crippen LogP contribution is -2.44. The SMILES string of the molecule is Cc1nc(NC[C@H]2CC[C@H](NC(=O)c3ccc(C(F)(F)F)nc3)CC2)nc2c1NC(=O)[C@H](C)N2C. The van der Waals surface area contributed by atoms with Gasteiger partial charge in [-0.1, -0.05) is 0 Å². The fourth-order valence-corrected chi connectivity index (χ4v) is 4.34. The molecule has 2 aromatic rings. The first-order valence-electron chi connectivity index (χ1n) is 11.5. The van der Waals surface area contributed by atoms with Crippen molar-refractivity contribution in [1.82, 2.24) is 20.3 Å². The Bertz CT molecular complexity index is 1100. The molecule has 2 aromatic heterocycles. The highest BCUT2D eigenvalue weighted by Crippen LogP contribution is 2.32. The van der Waals surface area contributed by atoms with Gasteiger partial charge in [-0.15, -0.1) is 0 Å². The lowest BCUT2D eigenvalue weighted by atomic mass is 9.86. The van der Waals surface area contributed by atoms with E-state index in [2.05, 4.69) is 30.9 Å². The van der Waals surface area contributed by atoms with Crippen molar-refractivity contribution in [1.29, 1.82) is 0 Å². The van der Waals surface area contributed by atoms with Crippen molar-refractivity contribution in [3.8, 4) is 0 Å². The maximum absolute atomic E-state index is 12.6. The van der Waals surface area contributed by atoms with Crippen LogP contribution in [0.2, 0.25) is 0 Å². The highest BCUT2D eigenvalue weighted by molar-refractivity contribution is 6.03. The number of aromatic nitrogens is 3. The Morgan fingerprint density at radius 2 is 1.91 bits per heavy atom. The predicted octanol–water partition coefficient (Wildman–Crippen LogP) is 3.38. The Labute approximate surface area is 200 Å². The molecule has 1 aliphatic heterocycles. The van der Waals surface area contributed by atoms with Gasteiger partial charge in [0, 0.05) is 25.8 Å². The summed E-state index contributed by atoms with van der Waals surface area (Å²) in [4.78, 5) is 38.7. The Hall–Kier alpha value is -3.44. The second-order valence-electron chi connectivity index (χ2n) is 9.11. The van der Waals surface area contributed by atoms with Crippen LogP contribution >= 0.6 is 0 Å². The largest absolute Gasteiger partial charge is 0.433 e. The van der Waals surface area contributed by atoms with Crippen molar-refractivity contribution < 1.29 is 22.8 Å². The molecule has 1 atom stereocenters. The van der Waals surface area contributed by atoms with Crippen molar-refractivity contribution in [2.75, 3.05) is 29.1 Å². The van der Waals surface area contributed by atoms with E-state index >= 15 is 0 Å². The Morgan fingerprint density at radius 1 is 1.20 bits per heavy atom. The van der Waals surface area contributed by atoms with Crippen LogP contribution in [0.1, 0.15) is 54.4 Å². The number of anilines is 3. The number of alkyl halides is 3. The predicted molar refractivity (Wildman–Crippen MR) is 124 cm³/mol. The number of nitrogens with zero attached hydrogens (tertiary/aromatic N) is 4. The molecule has 12 heteroatoms. The maximum atomic E-state index is 12.6. The number of nitrogens with one attached hydrogen (secondary N) is 3. The summed E-state index contributed by atoms with van der Waals surface area (Å²) < 4.78 is 37.9. The number of fused-ring (bicyclic) bond motifs is 1. The maximum Gasteiger partial charge on any atom is 0.433 e. The molecule has 2 amide bonds. The first kappa shape index (κ1) is 24.7. The van der Waals surface area contributed by atoms with Crippen LogP contribution in [0.15, 0.2) is 18.3 Å². The summed E-state index contributed by atoms with van der Waals surface area (Å²) in [5, 5.41) is 9.06. The zero-order valence-electron chi connectivity index (χ0n) is 19.7. The van der Waals surface area contributed by atoms with Crippen LogP contribution in [0.25, 0.3) is 0 Å². The molecule has 1 aliphatic carbocycles. The fourth-order valence-electron chi connectivity index (χ4n) is 4.34. The van der Waals surface area contributed by atoms with E-state index in [1.54, 1.807) is 0 Å². The fraction of sp³-hybridized carbons (Fsp3) is 0.522. The summed E-state index contributed by atoms with van der Waals surface area (Å²) in [7, 11) is 1.83. The number of likely N-dealkylation sites (N-methyl/N-ethyl adjacent to an activating group) is 1. The molecule has 0 spiro atoms. The van der Waals surface area contributed by atoms with Gasteiger partial charge in [0.05, 0.1) is 11.3 Å². The quantitative estimate of drug-likeness (QED) is 0.588. The molecular weight excluding hydrogens is 463 g/mol. The van der Waals surface area contributed by atoms with Gasteiger partial charge in [0.25, 0.3) is 5.91 Å². The molecule has 188 valence electrons. The number of aryl methyl sites for hydroxylation is 1. The first-order valence-corrected chi connectivity index (χ1v) is 11.5. The van der Waals surface area contributed by atoms with Gasteiger partial charge in [0.2, 0.25) is 11.9 Å². The number of rotatable bonds is 5. The molecule has 9 nitrogen and oxygen atoms in total. The van der Waals surface area contributed by atoms with Gasteiger partial charge in [0.15, 0.2) is 5.82 Å². The summed E-state index contributed by atoms with van der Waals surface area (Å²) in [5.74, 6) is 1.03. The molecule has 0 bridgehead atoms. The van der Waals surface area contributed by atoms with Crippen molar-refractivity contribution in [3.05, 3.63) is 35.3 Å². The van der Waals surface area contributed by atoms with Crippen LogP contribution < -0.4 is 20.9 Å². The minimum absolute atomic E-state index is 0.0398. The Balaban J connectivity index is 1.27. The number of hydrogen-bond acceptors (Lipinski definition) is 7. The molecule has 0 aromatic carbocycles. The number of halogens is 3. The Kier molecular flexibility index (Phi) is 6.82. The van der Waals surface area contributed by atoms with Crippen LogP contribution in [-0.2, 0) is 11.0 Å². The van der Waals surface area contributed by atoms with E-state index in [0.717, 1.165) is 44.0 Å². The highest BCUT2D eigenvalue weighted by Gasteiger charge is 2.33. The molecule has 0 unspecified atom stereocenters.